The van der Waals surface area contributed by atoms with E-state index < -0.39 is 53.7 Å². The lowest BCUT2D eigenvalue weighted by Gasteiger charge is -2.23. The van der Waals surface area contributed by atoms with Crippen molar-refractivity contribution in [1.82, 2.24) is 25.7 Å². The maximum Gasteiger partial charge on any atom is 0.156 e. The molecule has 0 amide bonds. The van der Waals surface area contributed by atoms with Gasteiger partial charge in [0, 0.05) is 68.2 Å². The van der Waals surface area contributed by atoms with Gasteiger partial charge in [-0.25, -0.2) is 25.3 Å². The maximum absolute atomic E-state index is 12.5. The normalized spacial score (nSPS) is 14.7. The van der Waals surface area contributed by atoms with Crippen LogP contribution >= 0.6 is 0 Å². The first-order chi connectivity index (χ1) is 31.8. The predicted molar refractivity (Wildman–Crippen MR) is 261 cm³/mol. The van der Waals surface area contributed by atoms with Crippen molar-refractivity contribution in [3.05, 3.63) is 126 Å². The molecule has 6 atom stereocenters. The number of rotatable bonds is 21. The molecule has 5 N–H and O–H groups in total. The number of ether oxygens (including phenoxy) is 3. The summed E-state index contributed by atoms with van der Waals surface area (Å²) in [6.45, 7) is 5.31. The molecule has 0 fully saturated rings. The van der Waals surface area contributed by atoms with Crippen LogP contribution in [0.4, 0.5) is 0 Å². The van der Waals surface area contributed by atoms with Crippen LogP contribution in [-0.4, -0.2) is 127 Å². The summed E-state index contributed by atoms with van der Waals surface area (Å²) < 4.78 is 89.4. The smallest absolute Gasteiger partial charge is 0.156 e. The number of benzene rings is 3. The van der Waals surface area contributed by atoms with Crippen LogP contribution < -0.4 is 16.5 Å². The molecule has 362 valence electrons. The van der Waals surface area contributed by atoms with Gasteiger partial charge in [0.1, 0.15) is 0 Å². The number of pyridine rings is 3. The molecule has 3 aromatic heterocycles. The molecule has 0 radical (unpaired) electrons. The summed E-state index contributed by atoms with van der Waals surface area (Å²) in [6.07, 6.45) is 3.73. The van der Waals surface area contributed by atoms with Crippen LogP contribution in [0.3, 0.4) is 0 Å². The SMILES string of the molecule is CO[C@H](C)[C@@H](CS(=O)(=O)Cc1cnc2ccccc2c1)NCC#N.CO[C@H](C)[C@@H](CS(=O)(=O)Cc1cnc2ccccc2c1)NO.CO[C@H](C)[C@H](N)CS(=O)(=O)Cc1cnc2ccccc2c1. The summed E-state index contributed by atoms with van der Waals surface area (Å²) in [5.74, 6) is -0.697. The molecule has 0 unspecified atom stereocenters. The Morgan fingerprint density at radius 1 is 0.582 bits per heavy atom. The molecule has 0 saturated heterocycles. The number of aromatic nitrogens is 3. The first-order valence-electron chi connectivity index (χ1n) is 21.3. The molecule has 0 aliphatic carbocycles. The van der Waals surface area contributed by atoms with Crippen molar-refractivity contribution in [3.8, 4) is 6.07 Å². The number of methoxy groups -OCH3 is 3. The minimum absolute atomic E-state index is 0.0605. The molecule has 3 aromatic carbocycles. The van der Waals surface area contributed by atoms with Crippen molar-refractivity contribution in [3.63, 3.8) is 0 Å². The fourth-order valence-electron chi connectivity index (χ4n) is 6.82. The molecule has 0 bridgehead atoms. The van der Waals surface area contributed by atoms with Crippen molar-refractivity contribution < 1.29 is 44.7 Å². The zero-order valence-electron chi connectivity index (χ0n) is 38.5. The summed E-state index contributed by atoms with van der Waals surface area (Å²) in [5, 5.41) is 23.4. The summed E-state index contributed by atoms with van der Waals surface area (Å²) in [7, 11) is -5.59. The Hall–Kier alpha value is -5.05. The van der Waals surface area contributed by atoms with Crippen molar-refractivity contribution in [2.24, 2.45) is 5.73 Å². The Labute approximate surface area is 393 Å². The van der Waals surface area contributed by atoms with Crippen molar-refractivity contribution in [2.45, 2.75) is 74.5 Å². The van der Waals surface area contributed by atoms with Crippen LogP contribution in [0.5, 0.6) is 0 Å². The zero-order valence-corrected chi connectivity index (χ0v) is 41.0. The molecule has 0 spiro atoms. The van der Waals surface area contributed by atoms with E-state index in [0.717, 1.165) is 32.7 Å². The van der Waals surface area contributed by atoms with Crippen LogP contribution in [0.15, 0.2) is 110 Å². The second-order valence-electron chi connectivity index (χ2n) is 16.1. The molecule has 17 nitrogen and oxygen atoms in total. The highest BCUT2D eigenvalue weighted by Gasteiger charge is 2.26. The highest BCUT2D eigenvalue weighted by Crippen LogP contribution is 2.19. The monoisotopic (exact) mass is 979 g/mol. The number of nitrogens with zero attached hydrogens (tertiary/aromatic N) is 4. The van der Waals surface area contributed by atoms with Gasteiger partial charge in [0.05, 0.1) is 88.0 Å². The fraction of sp³-hybridized carbons (Fsp3) is 0.404. The van der Waals surface area contributed by atoms with Gasteiger partial charge in [-0.2, -0.15) is 10.7 Å². The van der Waals surface area contributed by atoms with Gasteiger partial charge >= 0.3 is 0 Å². The van der Waals surface area contributed by atoms with E-state index in [1.807, 2.05) is 103 Å². The Balaban J connectivity index is 0.000000220. The Morgan fingerprint density at radius 2 is 0.925 bits per heavy atom. The second-order valence-corrected chi connectivity index (χ2v) is 22.5. The van der Waals surface area contributed by atoms with Crippen LogP contribution in [0, 0.1) is 11.3 Å². The van der Waals surface area contributed by atoms with Gasteiger partial charge in [0.25, 0.3) is 0 Å². The summed E-state index contributed by atoms with van der Waals surface area (Å²) >= 11 is 0. The van der Waals surface area contributed by atoms with E-state index >= 15 is 0 Å². The molecule has 67 heavy (non-hydrogen) atoms. The highest BCUT2D eigenvalue weighted by atomic mass is 32.2. The van der Waals surface area contributed by atoms with E-state index in [0.29, 0.717) is 16.7 Å². The highest BCUT2D eigenvalue weighted by molar-refractivity contribution is 7.91. The molecular formula is C47H61N7O10S3. The van der Waals surface area contributed by atoms with Crippen molar-refractivity contribution >= 4 is 62.2 Å². The van der Waals surface area contributed by atoms with Gasteiger partial charge in [0.15, 0.2) is 29.5 Å². The largest absolute Gasteiger partial charge is 0.380 e. The second kappa shape index (κ2) is 25.9. The average Bonchev–Trinajstić information content (AvgIpc) is 3.30. The number of nitrogens with two attached hydrogens (primary N) is 1. The molecule has 6 aromatic rings. The summed E-state index contributed by atoms with van der Waals surface area (Å²) in [6, 6.07) is 28.5. The number of sulfone groups is 3. The Morgan fingerprint density at radius 3 is 1.28 bits per heavy atom. The standard InChI is InChI=1S/C17H21N3O3S.C15H20N2O4S.C15H20N2O3S/c1-13(23-2)17(19-8-7-18)12-24(21,22)11-14-9-15-5-3-4-6-16(15)20-10-14;1-11(21-2)15(17-18)10-22(19,20)9-12-7-13-5-3-4-6-14(13)16-8-12;1-11(20-2)14(16)10-21(18,19)9-12-7-13-5-3-4-6-15(13)17-8-12/h3-6,9-10,13,17,19H,8,11-12H2,1-2H3;3-8,11,15,17-18H,9-10H2,1-2H3;3-8,11,14H,9-10,16H2,1-2H3/t13-,17-;11-,15-;11-,14-/m111/s1. The van der Waals surface area contributed by atoms with Crippen LogP contribution in [0.2, 0.25) is 0 Å². The fourth-order valence-corrected chi connectivity index (χ4v) is 11.9. The first-order valence-corrected chi connectivity index (χ1v) is 26.7. The number of para-hydroxylation sites is 3. The minimum Gasteiger partial charge on any atom is -0.380 e. The lowest BCUT2D eigenvalue weighted by atomic mass is 10.2. The Bertz CT molecular complexity index is 2900. The molecule has 0 aliphatic heterocycles. The van der Waals surface area contributed by atoms with E-state index in [4.69, 9.17) is 30.4 Å². The van der Waals surface area contributed by atoms with Crippen LogP contribution in [-0.2, 0) is 61.0 Å². The summed E-state index contributed by atoms with van der Waals surface area (Å²) in [4.78, 5) is 12.8. The van der Waals surface area contributed by atoms with Gasteiger partial charge in [0.2, 0.25) is 0 Å². The van der Waals surface area contributed by atoms with Crippen molar-refractivity contribution in [1.29, 1.82) is 5.26 Å². The minimum atomic E-state index is -3.41. The van der Waals surface area contributed by atoms with Gasteiger partial charge in [-0.3, -0.25) is 20.3 Å². The van der Waals surface area contributed by atoms with E-state index in [2.05, 4.69) is 20.3 Å². The Kier molecular flexibility index (Phi) is 21.1. The van der Waals surface area contributed by atoms with Crippen molar-refractivity contribution in [2.75, 3.05) is 45.1 Å². The first kappa shape index (κ1) is 54.6. The number of hydroxylamine groups is 1. The molecule has 3 heterocycles. The van der Waals surface area contributed by atoms with Crippen LogP contribution in [0.25, 0.3) is 32.7 Å². The van der Waals surface area contributed by atoms with Crippen LogP contribution in [0.1, 0.15) is 37.5 Å². The predicted octanol–water partition coefficient (Wildman–Crippen LogP) is 4.71. The molecule has 20 heteroatoms. The topological polar surface area (TPSA) is 263 Å². The van der Waals surface area contributed by atoms with E-state index in [9.17, 15) is 25.3 Å². The number of fused-ring (bicyclic) bond motifs is 3. The third kappa shape index (κ3) is 17.8. The van der Waals surface area contributed by atoms with Gasteiger partial charge < -0.3 is 25.2 Å². The zero-order chi connectivity index (χ0) is 49.2. The number of nitrogens with one attached hydrogen (secondary N) is 2. The molecular weight excluding hydrogens is 919 g/mol. The van der Waals surface area contributed by atoms with Gasteiger partial charge in [-0.1, -0.05) is 54.6 Å². The number of hydrogen-bond donors (Lipinski definition) is 4. The third-order valence-corrected chi connectivity index (χ3v) is 15.8. The number of nitriles is 1. The lowest BCUT2D eigenvalue weighted by molar-refractivity contribution is 0.0296. The summed E-state index contributed by atoms with van der Waals surface area (Å²) in [5.41, 5.74) is 12.3. The maximum atomic E-state index is 12.5. The number of hydrogen-bond acceptors (Lipinski definition) is 17. The molecule has 0 saturated carbocycles. The van der Waals surface area contributed by atoms with E-state index in [1.165, 1.54) is 21.3 Å². The quantitative estimate of drug-likeness (QED) is 0.0562. The van der Waals surface area contributed by atoms with Gasteiger partial charge in [-0.05, 0) is 73.9 Å². The van der Waals surface area contributed by atoms with Gasteiger partial charge in [-0.15, -0.1) is 0 Å². The average molecular weight is 980 g/mol. The van der Waals surface area contributed by atoms with E-state index in [1.54, 1.807) is 39.4 Å². The lowest BCUT2D eigenvalue weighted by Crippen LogP contribution is -2.44. The third-order valence-electron chi connectivity index (χ3n) is 10.9. The molecule has 0 aliphatic rings. The molecule has 6 rings (SSSR count). The van der Waals surface area contributed by atoms with E-state index in [-0.39, 0.29) is 53.3 Å².